The number of hydrogen-bond acceptors (Lipinski definition) is 6. The van der Waals surface area contributed by atoms with E-state index < -0.39 is 48.1 Å². The Kier molecular flexibility index (Phi) is 6.73. The summed E-state index contributed by atoms with van der Waals surface area (Å²) >= 11 is 5.91. The molecule has 184 valence electrons. The molecule has 0 aliphatic carbocycles. The molecule has 2 atom stereocenters. The maximum absolute atomic E-state index is 14.6. The minimum atomic E-state index is -4.85. The number of carbonyl (C=O) groups is 1. The highest BCUT2D eigenvalue weighted by molar-refractivity contribution is 6.34. The lowest BCUT2D eigenvalue weighted by Gasteiger charge is -2.41. The van der Waals surface area contributed by atoms with E-state index in [1.165, 1.54) is 13.0 Å². The SMILES string of the molecule is CC1(c2cc(NC(=O)c3ncc(OC(F)F)cc3Cl)ccc2F)COC(C)(C(F)(F)F)C(N)=N1. The minimum absolute atomic E-state index is 0.0197. The number of nitrogens with one attached hydrogen (secondary N) is 1. The van der Waals surface area contributed by atoms with Gasteiger partial charge >= 0.3 is 12.8 Å². The number of pyridine rings is 1. The van der Waals surface area contributed by atoms with E-state index in [9.17, 15) is 31.1 Å². The summed E-state index contributed by atoms with van der Waals surface area (Å²) in [4.78, 5) is 20.1. The number of halogens is 7. The highest BCUT2D eigenvalue weighted by Crippen LogP contribution is 2.41. The normalized spacial score (nSPS) is 22.9. The number of nitrogens with zero attached hydrogens (tertiary/aromatic N) is 2. The van der Waals surface area contributed by atoms with Gasteiger partial charge in [0.2, 0.25) is 5.60 Å². The van der Waals surface area contributed by atoms with E-state index in [0.717, 1.165) is 24.4 Å². The molecule has 2 heterocycles. The number of ether oxygens (including phenoxy) is 2. The average molecular weight is 511 g/mol. The second-order valence-corrected chi connectivity index (χ2v) is 8.03. The van der Waals surface area contributed by atoms with Crippen LogP contribution in [0.5, 0.6) is 5.75 Å². The molecule has 14 heteroatoms. The van der Waals surface area contributed by atoms with Gasteiger partial charge in [0.25, 0.3) is 5.91 Å². The molecule has 2 unspecified atom stereocenters. The molecule has 1 aliphatic heterocycles. The fourth-order valence-electron chi connectivity index (χ4n) is 3.09. The van der Waals surface area contributed by atoms with Crippen molar-refractivity contribution < 1.29 is 40.6 Å². The Morgan fingerprint density at radius 3 is 2.53 bits per heavy atom. The Morgan fingerprint density at radius 2 is 1.97 bits per heavy atom. The van der Waals surface area contributed by atoms with Gasteiger partial charge in [0.05, 0.1) is 17.8 Å². The highest BCUT2D eigenvalue weighted by atomic mass is 35.5. The third kappa shape index (κ3) is 4.89. The van der Waals surface area contributed by atoms with Crippen LogP contribution in [0.3, 0.4) is 0 Å². The Balaban J connectivity index is 1.88. The van der Waals surface area contributed by atoms with Crippen molar-refractivity contribution in [1.29, 1.82) is 0 Å². The molecule has 0 bridgehead atoms. The van der Waals surface area contributed by atoms with Crippen LogP contribution in [0, 0.1) is 5.82 Å². The van der Waals surface area contributed by atoms with Gasteiger partial charge in [-0.15, -0.1) is 0 Å². The third-order valence-corrected chi connectivity index (χ3v) is 5.39. The number of nitrogens with two attached hydrogens (primary N) is 1. The monoisotopic (exact) mass is 510 g/mol. The quantitative estimate of drug-likeness (QED) is 0.571. The van der Waals surface area contributed by atoms with Crippen LogP contribution in [-0.4, -0.2) is 41.7 Å². The van der Waals surface area contributed by atoms with E-state index >= 15 is 0 Å². The van der Waals surface area contributed by atoms with Crippen molar-refractivity contribution in [3.63, 3.8) is 0 Å². The molecule has 0 radical (unpaired) electrons. The summed E-state index contributed by atoms with van der Waals surface area (Å²) in [6.45, 7) is -1.74. The van der Waals surface area contributed by atoms with Crippen LogP contribution in [0.2, 0.25) is 5.02 Å². The minimum Gasteiger partial charge on any atom is -0.433 e. The van der Waals surface area contributed by atoms with E-state index in [-0.39, 0.29) is 27.7 Å². The molecule has 2 aromatic rings. The lowest BCUT2D eigenvalue weighted by molar-refractivity contribution is -0.249. The molecule has 1 aliphatic rings. The zero-order valence-electron chi connectivity index (χ0n) is 17.5. The molecule has 1 amide bonds. The predicted molar refractivity (Wildman–Crippen MR) is 110 cm³/mol. The van der Waals surface area contributed by atoms with Crippen LogP contribution in [0.25, 0.3) is 0 Å². The van der Waals surface area contributed by atoms with Gasteiger partial charge in [-0.3, -0.25) is 9.79 Å². The van der Waals surface area contributed by atoms with Gasteiger partial charge in [0, 0.05) is 17.3 Å². The number of rotatable bonds is 5. The number of aromatic nitrogens is 1. The summed E-state index contributed by atoms with van der Waals surface area (Å²) in [5, 5.41) is 2.10. The van der Waals surface area contributed by atoms with Crippen molar-refractivity contribution in [3.05, 3.63) is 52.6 Å². The molecule has 3 rings (SSSR count). The van der Waals surface area contributed by atoms with Crippen molar-refractivity contribution in [1.82, 2.24) is 4.98 Å². The first kappa shape index (κ1) is 25.6. The Morgan fingerprint density at radius 1 is 1.29 bits per heavy atom. The van der Waals surface area contributed by atoms with Crippen LogP contribution in [0.4, 0.5) is 32.0 Å². The predicted octanol–water partition coefficient (Wildman–Crippen LogP) is 4.65. The molecule has 1 aromatic carbocycles. The van der Waals surface area contributed by atoms with E-state index in [4.69, 9.17) is 22.1 Å². The molecule has 0 spiro atoms. The topological polar surface area (TPSA) is 98.8 Å². The van der Waals surface area contributed by atoms with Gasteiger partial charge in [-0.1, -0.05) is 11.6 Å². The summed E-state index contributed by atoms with van der Waals surface area (Å²) < 4.78 is 88.3. The number of anilines is 1. The molecular formula is C20H17ClF6N4O3. The summed E-state index contributed by atoms with van der Waals surface area (Å²) in [6, 6.07) is 4.25. The van der Waals surface area contributed by atoms with Crippen molar-refractivity contribution in [2.24, 2.45) is 10.7 Å². The molecule has 1 aromatic heterocycles. The Bertz CT molecular complexity index is 1150. The fourth-order valence-corrected chi connectivity index (χ4v) is 3.33. The average Bonchev–Trinajstić information content (AvgIpc) is 2.71. The van der Waals surface area contributed by atoms with Crippen LogP contribution in [0.15, 0.2) is 35.5 Å². The summed E-state index contributed by atoms with van der Waals surface area (Å²) in [6.07, 6.45) is -3.99. The lowest BCUT2D eigenvalue weighted by Crippen LogP contribution is -2.60. The Hall–Kier alpha value is -3.06. The number of aliphatic imine (C=N–C) groups is 1. The van der Waals surface area contributed by atoms with E-state index in [0.29, 0.717) is 6.92 Å². The number of alkyl halides is 5. The van der Waals surface area contributed by atoms with Gasteiger partial charge < -0.3 is 20.5 Å². The van der Waals surface area contributed by atoms with Crippen LogP contribution >= 0.6 is 11.6 Å². The zero-order chi connectivity index (χ0) is 25.5. The summed E-state index contributed by atoms with van der Waals surface area (Å²) in [5.74, 6) is -2.96. The Labute approximate surface area is 193 Å². The fraction of sp³-hybridized carbons (Fsp3) is 0.350. The molecule has 3 N–H and O–H groups in total. The number of amides is 1. The van der Waals surface area contributed by atoms with Gasteiger partial charge in [-0.2, -0.15) is 22.0 Å². The number of hydrogen-bond donors (Lipinski definition) is 2. The molecule has 34 heavy (non-hydrogen) atoms. The van der Waals surface area contributed by atoms with Gasteiger partial charge in [-0.05, 0) is 32.0 Å². The van der Waals surface area contributed by atoms with Crippen molar-refractivity contribution in [2.45, 2.75) is 37.8 Å². The van der Waals surface area contributed by atoms with Crippen molar-refractivity contribution in [2.75, 3.05) is 11.9 Å². The molecule has 7 nitrogen and oxygen atoms in total. The second kappa shape index (κ2) is 8.95. The van der Waals surface area contributed by atoms with Crippen LogP contribution in [0.1, 0.15) is 29.9 Å². The van der Waals surface area contributed by atoms with E-state index in [1.807, 2.05) is 0 Å². The van der Waals surface area contributed by atoms with Gasteiger partial charge in [0.1, 0.15) is 28.6 Å². The first-order chi connectivity index (χ1) is 15.7. The van der Waals surface area contributed by atoms with Gasteiger partial charge in [-0.25, -0.2) is 9.37 Å². The van der Waals surface area contributed by atoms with Crippen molar-refractivity contribution in [3.8, 4) is 5.75 Å². The zero-order valence-corrected chi connectivity index (χ0v) is 18.3. The number of carbonyl (C=O) groups excluding carboxylic acids is 1. The van der Waals surface area contributed by atoms with Crippen LogP contribution in [-0.2, 0) is 10.3 Å². The van der Waals surface area contributed by atoms with Gasteiger partial charge in [0.15, 0.2) is 0 Å². The third-order valence-electron chi connectivity index (χ3n) is 5.10. The number of amidine groups is 1. The molecule has 0 saturated heterocycles. The first-order valence-electron chi connectivity index (χ1n) is 9.44. The summed E-state index contributed by atoms with van der Waals surface area (Å²) in [7, 11) is 0. The maximum atomic E-state index is 14.6. The second-order valence-electron chi connectivity index (χ2n) is 7.62. The van der Waals surface area contributed by atoms with Crippen molar-refractivity contribution >= 4 is 29.0 Å². The molecular weight excluding hydrogens is 494 g/mol. The van der Waals surface area contributed by atoms with E-state index in [1.54, 1.807) is 0 Å². The van der Waals surface area contributed by atoms with E-state index in [2.05, 4.69) is 20.0 Å². The largest absolute Gasteiger partial charge is 0.433 e. The molecule has 0 fully saturated rings. The molecule has 0 saturated carbocycles. The highest BCUT2D eigenvalue weighted by Gasteiger charge is 2.59. The first-order valence-corrected chi connectivity index (χ1v) is 9.82. The maximum Gasteiger partial charge on any atom is 0.424 e. The summed E-state index contributed by atoms with van der Waals surface area (Å²) in [5.41, 5.74) is 0.558. The smallest absolute Gasteiger partial charge is 0.424 e. The van der Waals surface area contributed by atoms with Crippen LogP contribution < -0.4 is 15.8 Å². The lowest BCUT2D eigenvalue weighted by atomic mass is 9.89. The number of benzene rings is 1. The standard InChI is InChI=1S/C20H17ClF6N4O3/c1-18(8-33-19(2,16(28)31-18)20(25,26)27)11-5-9(3-4-13(11)22)30-15(32)14-12(21)6-10(7-29-14)34-17(23)24/h3-7,17H,8H2,1-2H3,(H2,28,31)(H,30,32).